The molecule has 8 heteroatoms. The largest absolute Gasteiger partial charge is 0.418 e. The third-order valence-corrected chi connectivity index (χ3v) is 2.65. The minimum absolute atomic E-state index is 0.275. The third-order valence-electron chi connectivity index (χ3n) is 2.65. The highest BCUT2D eigenvalue weighted by Gasteiger charge is 2.33. The van der Waals surface area contributed by atoms with Crippen molar-refractivity contribution in [3.05, 3.63) is 47.5 Å². The van der Waals surface area contributed by atoms with E-state index in [-0.39, 0.29) is 11.5 Å². The molecular weight excluding hydrogens is 293 g/mol. The lowest BCUT2D eigenvalue weighted by Gasteiger charge is -2.15. The number of hydrogen-bond acceptors (Lipinski definition) is 3. The van der Waals surface area contributed by atoms with Gasteiger partial charge >= 0.3 is 6.18 Å². The Morgan fingerprint density at radius 1 is 1.00 bits per heavy atom. The standard InChI is InChI=1S/C13H10F5N3/c1-19-11-8(14)6-9(15)12(21-11)20-10-5-3-2-4-7(10)13(16,17)18/h2-6H,1H3,(H2,19,20,21). The van der Waals surface area contributed by atoms with Crippen LogP contribution in [0.2, 0.25) is 0 Å². The van der Waals surface area contributed by atoms with Crippen LogP contribution < -0.4 is 10.6 Å². The molecule has 2 aromatic rings. The zero-order chi connectivity index (χ0) is 15.6. The van der Waals surface area contributed by atoms with Crippen LogP contribution in [0, 0.1) is 11.6 Å². The van der Waals surface area contributed by atoms with Gasteiger partial charge in [-0.15, -0.1) is 0 Å². The predicted molar refractivity (Wildman–Crippen MR) is 68.4 cm³/mol. The van der Waals surface area contributed by atoms with Gasteiger partial charge < -0.3 is 10.6 Å². The average Bonchev–Trinajstić information content (AvgIpc) is 2.41. The molecule has 0 atom stereocenters. The molecule has 21 heavy (non-hydrogen) atoms. The van der Waals surface area contributed by atoms with Gasteiger partial charge in [-0.3, -0.25) is 0 Å². The van der Waals surface area contributed by atoms with Crippen LogP contribution in [0.25, 0.3) is 0 Å². The fraction of sp³-hybridized carbons (Fsp3) is 0.154. The molecule has 1 aromatic heterocycles. The highest BCUT2D eigenvalue weighted by Crippen LogP contribution is 2.36. The summed E-state index contributed by atoms with van der Waals surface area (Å²) in [7, 11) is 1.36. The number of para-hydroxylation sites is 1. The molecule has 0 spiro atoms. The molecule has 0 aliphatic heterocycles. The quantitative estimate of drug-likeness (QED) is 0.836. The summed E-state index contributed by atoms with van der Waals surface area (Å²) in [6.07, 6.45) is -4.61. The number of halogens is 5. The van der Waals surface area contributed by atoms with Crippen LogP contribution in [0.4, 0.5) is 39.3 Å². The smallest absolute Gasteiger partial charge is 0.371 e. The number of nitrogens with one attached hydrogen (secondary N) is 2. The van der Waals surface area contributed by atoms with Gasteiger partial charge in [0.2, 0.25) is 0 Å². The first-order valence-electron chi connectivity index (χ1n) is 5.80. The average molecular weight is 303 g/mol. The summed E-state index contributed by atoms with van der Waals surface area (Å²) in [5.74, 6) is -2.81. The number of benzene rings is 1. The molecule has 112 valence electrons. The van der Waals surface area contributed by atoms with E-state index in [2.05, 4.69) is 15.6 Å². The van der Waals surface area contributed by atoms with Gasteiger partial charge in [-0.25, -0.2) is 13.8 Å². The Labute approximate surface area is 116 Å². The minimum atomic E-state index is -4.61. The van der Waals surface area contributed by atoms with Crippen LogP contribution in [0.5, 0.6) is 0 Å². The van der Waals surface area contributed by atoms with Crippen LogP contribution >= 0.6 is 0 Å². The zero-order valence-corrected chi connectivity index (χ0v) is 10.7. The van der Waals surface area contributed by atoms with Crippen molar-refractivity contribution >= 4 is 17.3 Å². The first-order chi connectivity index (χ1) is 9.82. The maximum atomic E-state index is 13.6. The molecule has 3 nitrogen and oxygen atoms in total. The SMILES string of the molecule is CNc1nc(Nc2ccccc2C(F)(F)F)c(F)cc1F. The fourth-order valence-electron chi connectivity index (χ4n) is 1.70. The lowest BCUT2D eigenvalue weighted by atomic mass is 10.1. The molecule has 0 aliphatic carbocycles. The van der Waals surface area contributed by atoms with E-state index in [0.29, 0.717) is 6.07 Å². The van der Waals surface area contributed by atoms with Crippen molar-refractivity contribution in [1.82, 2.24) is 4.98 Å². The maximum absolute atomic E-state index is 13.6. The summed E-state index contributed by atoms with van der Waals surface area (Å²) >= 11 is 0. The highest BCUT2D eigenvalue weighted by atomic mass is 19.4. The number of hydrogen-bond donors (Lipinski definition) is 2. The van der Waals surface area contributed by atoms with E-state index in [9.17, 15) is 22.0 Å². The molecule has 1 aromatic carbocycles. The summed E-state index contributed by atoms with van der Waals surface area (Å²) < 4.78 is 65.4. The van der Waals surface area contributed by atoms with Gasteiger partial charge in [0.25, 0.3) is 0 Å². The molecule has 0 fully saturated rings. The highest BCUT2D eigenvalue weighted by molar-refractivity contribution is 5.63. The van der Waals surface area contributed by atoms with Crippen molar-refractivity contribution in [1.29, 1.82) is 0 Å². The van der Waals surface area contributed by atoms with Crippen LogP contribution in [0.15, 0.2) is 30.3 Å². The van der Waals surface area contributed by atoms with Gasteiger partial charge in [0.05, 0.1) is 11.3 Å². The molecular formula is C13H10F5N3. The molecule has 0 bridgehead atoms. The van der Waals surface area contributed by atoms with E-state index in [1.807, 2.05) is 0 Å². The molecule has 2 N–H and O–H groups in total. The Bertz CT molecular complexity index is 655. The Kier molecular flexibility index (Phi) is 3.97. The molecule has 0 aliphatic rings. The van der Waals surface area contributed by atoms with Crippen molar-refractivity contribution in [3.63, 3.8) is 0 Å². The van der Waals surface area contributed by atoms with Crippen LogP contribution in [-0.2, 0) is 6.18 Å². The monoisotopic (exact) mass is 303 g/mol. The van der Waals surface area contributed by atoms with Gasteiger partial charge in [0.1, 0.15) is 0 Å². The number of pyridine rings is 1. The minimum Gasteiger partial charge on any atom is -0.371 e. The van der Waals surface area contributed by atoms with Crippen molar-refractivity contribution in [2.75, 3.05) is 17.7 Å². The molecule has 0 saturated carbocycles. The number of anilines is 3. The zero-order valence-electron chi connectivity index (χ0n) is 10.7. The lowest BCUT2D eigenvalue weighted by molar-refractivity contribution is -0.136. The summed E-state index contributed by atoms with van der Waals surface area (Å²) in [5, 5.41) is 4.61. The first-order valence-corrected chi connectivity index (χ1v) is 5.80. The molecule has 2 rings (SSSR count). The van der Waals surface area contributed by atoms with Crippen LogP contribution in [0.1, 0.15) is 5.56 Å². The fourth-order valence-corrected chi connectivity index (χ4v) is 1.70. The summed E-state index contributed by atoms with van der Waals surface area (Å²) in [6.45, 7) is 0. The van der Waals surface area contributed by atoms with E-state index < -0.39 is 29.2 Å². The normalized spacial score (nSPS) is 11.3. The Morgan fingerprint density at radius 3 is 2.24 bits per heavy atom. The van der Waals surface area contributed by atoms with Crippen molar-refractivity contribution < 1.29 is 22.0 Å². The molecule has 1 heterocycles. The third kappa shape index (κ3) is 3.21. The van der Waals surface area contributed by atoms with E-state index >= 15 is 0 Å². The van der Waals surface area contributed by atoms with Crippen molar-refractivity contribution in [2.45, 2.75) is 6.18 Å². The lowest BCUT2D eigenvalue weighted by Crippen LogP contribution is -2.10. The molecule has 0 saturated heterocycles. The van der Waals surface area contributed by atoms with E-state index in [1.54, 1.807) is 0 Å². The molecule has 0 unspecified atom stereocenters. The van der Waals surface area contributed by atoms with E-state index in [0.717, 1.165) is 12.1 Å². The molecule has 0 amide bonds. The second kappa shape index (κ2) is 5.55. The van der Waals surface area contributed by atoms with Gasteiger partial charge in [0, 0.05) is 13.1 Å². The summed E-state index contributed by atoms with van der Waals surface area (Å²) in [4.78, 5) is 3.57. The number of alkyl halides is 3. The van der Waals surface area contributed by atoms with Crippen molar-refractivity contribution in [3.8, 4) is 0 Å². The number of aromatic nitrogens is 1. The first kappa shape index (κ1) is 15.0. The van der Waals surface area contributed by atoms with Crippen molar-refractivity contribution in [2.24, 2.45) is 0 Å². The summed E-state index contributed by atoms with van der Waals surface area (Å²) in [5.41, 5.74) is -1.34. The number of nitrogens with zero attached hydrogens (tertiary/aromatic N) is 1. The van der Waals surface area contributed by atoms with Crippen LogP contribution in [-0.4, -0.2) is 12.0 Å². The maximum Gasteiger partial charge on any atom is 0.418 e. The predicted octanol–water partition coefficient (Wildman–Crippen LogP) is 4.16. The summed E-state index contributed by atoms with van der Waals surface area (Å²) in [6, 6.07) is 5.09. The Balaban J connectivity index is 2.44. The Morgan fingerprint density at radius 2 is 1.62 bits per heavy atom. The van der Waals surface area contributed by atoms with Gasteiger partial charge in [-0.1, -0.05) is 12.1 Å². The second-order valence-corrected chi connectivity index (χ2v) is 4.07. The Hall–Kier alpha value is -2.38. The van der Waals surface area contributed by atoms with Crippen LogP contribution in [0.3, 0.4) is 0 Å². The topological polar surface area (TPSA) is 37.0 Å². The van der Waals surface area contributed by atoms with E-state index in [4.69, 9.17) is 0 Å². The van der Waals surface area contributed by atoms with Gasteiger partial charge in [0.15, 0.2) is 23.3 Å². The van der Waals surface area contributed by atoms with E-state index in [1.165, 1.54) is 19.2 Å². The van der Waals surface area contributed by atoms with Gasteiger partial charge in [-0.05, 0) is 12.1 Å². The van der Waals surface area contributed by atoms with Gasteiger partial charge in [-0.2, -0.15) is 13.2 Å². The second-order valence-electron chi connectivity index (χ2n) is 4.07. The molecule has 0 radical (unpaired) electrons. The number of rotatable bonds is 3.